The average molecular weight is 343 g/mol. The normalized spacial score (nSPS) is 22.6. The number of nitrogens with zero attached hydrogens (tertiary/aromatic N) is 2. The maximum Gasteiger partial charge on any atom is 0.165 e. The van der Waals surface area contributed by atoms with Crippen molar-refractivity contribution in [2.45, 2.75) is 38.3 Å². The second-order valence-corrected chi connectivity index (χ2v) is 6.59. The van der Waals surface area contributed by atoms with Crippen molar-refractivity contribution < 1.29 is 14.2 Å². The number of methoxy groups -OCH3 is 1. The molecule has 134 valence electrons. The molecule has 6 heteroatoms. The van der Waals surface area contributed by atoms with E-state index in [0.717, 1.165) is 54.4 Å². The maximum absolute atomic E-state index is 5.75. The van der Waals surface area contributed by atoms with Crippen LogP contribution in [0, 0.1) is 0 Å². The zero-order chi connectivity index (χ0) is 17.2. The summed E-state index contributed by atoms with van der Waals surface area (Å²) in [7, 11) is 1.68. The number of hydrogen-bond acceptors (Lipinski definition) is 5. The molecule has 4 rings (SSSR count). The second-order valence-electron chi connectivity index (χ2n) is 6.59. The van der Waals surface area contributed by atoms with E-state index in [1.807, 2.05) is 18.3 Å². The van der Waals surface area contributed by atoms with Crippen molar-refractivity contribution in [3.63, 3.8) is 0 Å². The van der Waals surface area contributed by atoms with Crippen molar-refractivity contribution in [1.29, 1.82) is 0 Å². The van der Waals surface area contributed by atoms with E-state index in [9.17, 15) is 0 Å². The van der Waals surface area contributed by atoms with Gasteiger partial charge >= 0.3 is 0 Å². The van der Waals surface area contributed by atoms with E-state index >= 15 is 0 Å². The highest BCUT2D eigenvalue weighted by Crippen LogP contribution is 2.42. The standard InChI is InChI=1S/C19H25N3O3/c1-3-13-10-14(4-5-20-13)22-7-6-21-19(22)15-11-17-18(12-16(15)23-2)25-9-8-24-17/h6-7,11-14,20H,3-5,8-10H2,1-2H3/t13-,14+/m0/s1. The Kier molecular flexibility index (Phi) is 4.53. The van der Waals surface area contributed by atoms with Gasteiger partial charge in [0.1, 0.15) is 24.8 Å². The summed E-state index contributed by atoms with van der Waals surface area (Å²) < 4.78 is 19.3. The topological polar surface area (TPSA) is 57.5 Å². The van der Waals surface area contributed by atoms with Crippen LogP contribution in [0.3, 0.4) is 0 Å². The van der Waals surface area contributed by atoms with E-state index in [1.54, 1.807) is 7.11 Å². The van der Waals surface area contributed by atoms with Crippen molar-refractivity contribution in [3.05, 3.63) is 24.5 Å². The summed E-state index contributed by atoms with van der Waals surface area (Å²) in [6.07, 6.45) is 7.32. The first-order valence-corrected chi connectivity index (χ1v) is 9.04. The number of imidazole rings is 1. The van der Waals surface area contributed by atoms with Crippen LogP contribution in [0.2, 0.25) is 0 Å². The van der Waals surface area contributed by atoms with E-state index < -0.39 is 0 Å². The summed E-state index contributed by atoms with van der Waals surface area (Å²) in [5.74, 6) is 3.18. The summed E-state index contributed by atoms with van der Waals surface area (Å²) in [5.41, 5.74) is 0.948. The molecule has 1 aromatic carbocycles. The Hall–Kier alpha value is -2.21. The lowest BCUT2D eigenvalue weighted by molar-refractivity contribution is 0.171. The smallest absolute Gasteiger partial charge is 0.165 e. The molecule has 0 spiro atoms. The summed E-state index contributed by atoms with van der Waals surface area (Å²) in [4.78, 5) is 4.64. The first kappa shape index (κ1) is 16.3. The van der Waals surface area contributed by atoms with Gasteiger partial charge in [-0.15, -0.1) is 0 Å². The molecule has 3 heterocycles. The Morgan fingerprint density at radius 1 is 1.28 bits per heavy atom. The van der Waals surface area contributed by atoms with Crippen LogP contribution in [0.5, 0.6) is 17.2 Å². The molecular weight excluding hydrogens is 318 g/mol. The molecule has 1 N–H and O–H groups in total. The number of ether oxygens (including phenoxy) is 3. The third-order valence-electron chi connectivity index (χ3n) is 5.13. The van der Waals surface area contributed by atoms with E-state index in [1.165, 1.54) is 0 Å². The molecule has 2 aromatic rings. The largest absolute Gasteiger partial charge is 0.496 e. The predicted octanol–water partition coefficient (Wildman–Crippen LogP) is 3.03. The van der Waals surface area contributed by atoms with Crippen molar-refractivity contribution in [2.24, 2.45) is 0 Å². The fourth-order valence-electron chi connectivity index (χ4n) is 3.78. The Balaban J connectivity index is 1.72. The Bertz CT molecular complexity index is 744. The van der Waals surface area contributed by atoms with Crippen molar-refractivity contribution in [3.8, 4) is 28.6 Å². The molecule has 1 fully saturated rings. The van der Waals surface area contributed by atoms with Gasteiger partial charge in [0.05, 0.1) is 12.7 Å². The summed E-state index contributed by atoms with van der Waals surface area (Å²) in [6.45, 7) is 4.41. The second kappa shape index (κ2) is 6.96. The summed E-state index contributed by atoms with van der Waals surface area (Å²) >= 11 is 0. The molecule has 2 aliphatic rings. The van der Waals surface area contributed by atoms with Gasteiger partial charge in [-0.1, -0.05) is 6.92 Å². The molecule has 0 amide bonds. The fraction of sp³-hybridized carbons (Fsp3) is 0.526. The first-order valence-electron chi connectivity index (χ1n) is 9.04. The number of benzene rings is 1. The molecular formula is C19H25N3O3. The quantitative estimate of drug-likeness (QED) is 0.925. The van der Waals surface area contributed by atoms with Crippen LogP contribution in [-0.4, -0.2) is 42.5 Å². The van der Waals surface area contributed by atoms with Gasteiger partial charge in [0.2, 0.25) is 0 Å². The van der Waals surface area contributed by atoms with Gasteiger partial charge in [0.25, 0.3) is 0 Å². The van der Waals surface area contributed by atoms with Gasteiger partial charge in [0.15, 0.2) is 11.5 Å². The van der Waals surface area contributed by atoms with Crippen LogP contribution in [0.1, 0.15) is 32.2 Å². The minimum atomic E-state index is 0.446. The van der Waals surface area contributed by atoms with Gasteiger partial charge in [0, 0.05) is 30.5 Å². The number of piperidine rings is 1. The summed E-state index contributed by atoms with van der Waals surface area (Å²) in [5, 5.41) is 3.59. The lowest BCUT2D eigenvalue weighted by Crippen LogP contribution is -2.38. The molecule has 0 aliphatic carbocycles. The predicted molar refractivity (Wildman–Crippen MR) is 95.6 cm³/mol. The number of nitrogens with one attached hydrogen (secondary N) is 1. The number of rotatable bonds is 4. The molecule has 25 heavy (non-hydrogen) atoms. The maximum atomic E-state index is 5.75. The SMILES string of the molecule is CC[C@H]1C[C@H](n2ccnc2-c2cc3c(cc2OC)OCCO3)CCN1. The van der Waals surface area contributed by atoms with Crippen LogP contribution in [0.4, 0.5) is 0 Å². The molecule has 0 saturated carbocycles. The lowest BCUT2D eigenvalue weighted by Gasteiger charge is -2.31. The third kappa shape index (κ3) is 3.06. The number of hydrogen-bond donors (Lipinski definition) is 1. The zero-order valence-electron chi connectivity index (χ0n) is 14.8. The lowest BCUT2D eigenvalue weighted by atomic mass is 9.97. The third-order valence-corrected chi connectivity index (χ3v) is 5.13. The molecule has 6 nitrogen and oxygen atoms in total. The zero-order valence-corrected chi connectivity index (χ0v) is 14.8. The highest BCUT2D eigenvalue weighted by atomic mass is 16.6. The van der Waals surface area contributed by atoms with Gasteiger partial charge in [-0.3, -0.25) is 0 Å². The Morgan fingerprint density at radius 2 is 2.08 bits per heavy atom. The molecule has 0 bridgehead atoms. The first-order chi connectivity index (χ1) is 12.3. The Labute approximate surface area is 148 Å². The van der Waals surface area contributed by atoms with Crippen LogP contribution in [-0.2, 0) is 0 Å². The molecule has 1 aromatic heterocycles. The molecule has 0 unspecified atom stereocenters. The van der Waals surface area contributed by atoms with E-state index in [-0.39, 0.29) is 0 Å². The van der Waals surface area contributed by atoms with Gasteiger partial charge in [-0.05, 0) is 31.9 Å². The minimum Gasteiger partial charge on any atom is -0.496 e. The van der Waals surface area contributed by atoms with E-state index in [0.29, 0.717) is 25.3 Å². The monoisotopic (exact) mass is 343 g/mol. The van der Waals surface area contributed by atoms with Crippen molar-refractivity contribution in [1.82, 2.24) is 14.9 Å². The molecule has 1 saturated heterocycles. The fourth-order valence-corrected chi connectivity index (χ4v) is 3.78. The average Bonchev–Trinajstić information content (AvgIpc) is 3.16. The number of aromatic nitrogens is 2. The van der Waals surface area contributed by atoms with Crippen LogP contribution in [0.25, 0.3) is 11.4 Å². The highest BCUT2D eigenvalue weighted by Gasteiger charge is 2.26. The molecule has 2 atom stereocenters. The van der Waals surface area contributed by atoms with Gasteiger partial charge in [-0.25, -0.2) is 4.98 Å². The minimum absolute atomic E-state index is 0.446. The van der Waals surface area contributed by atoms with Crippen molar-refractivity contribution >= 4 is 0 Å². The van der Waals surface area contributed by atoms with E-state index in [2.05, 4.69) is 28.0 Å². The van der Waals surface area contributed by atoms with Crippen LogP contribution < -0.4 is 19.5 Å². The Morgan fingerprint density at radius 3 is 2.84 bits per heavy atom. The van der Waals surface area contributed by atoms with Crippen LogP contribution in [0.15, 0.2) is 24.5 Å². The highest BCUT2D eigenvalue weighted by molar-refractivity contribution is 5.70. The van der Waals surface area contributed by atoms with E-state index in [4.69, 9.17) is 14.2 Å². The van der Waals surface area contributed by atoms with Crippen LogP contribution >= 0.6 is 0 Å². The van der Waals surface area contributed by atoms with Crippen molar-refractivity contribution in [2.75, 3.05) is 26.9 Å². The summed E-state index contributed by atoms with van der Waals surface area (Å²) in [6, 6.07) is 4.91. The number of fused-ring (bicyclic) bond motifs is 1. The molecule has 0 radical (unpaired) electrons. The van der Waals surface area contributed by atoms with Gasteiger partial charge in [-0.2, -0.15) is 0 Å². The molecule has 2 aliphatic heterocycles. The van der Waals surface area contributed by atoms with Gasteiger partial charge < -0.3 is 24.1 Å².